The van der Waals surface area contributed by atoms with Gasteiger partial charge in [-0.1, -0.05) is 89.3 Å². The number of benzene rings is 1. The number of unbranched alkanes of at least 4 members (excludes halogenated alkanes) is 2. The molecule has 1 amide bonds. The number of anilines is 1. The number of hydrogen-bond acceptors (Lipinski definition) is 14. The van der Waals surface area contributed by atoms with Crippen LogP contribution < -0.4 is 10.7 Å². The number of terminal acetylenes is 1. The number of thiocarbonyl (C=S) groups is 1. The van der Waals surface area contributed by atoms with Gasteiger partial charge in [0.1, 0.15) is 24.4 Å². The van der Waals surface area contributed by atoms with E-state index in [1.165, 1.54) is 12.0 Å². The first-order chi connectivity index (χ1) is 38.7. The summed E-state index contributed by atoms with van der Waals surface area (Å²) >= 11 is 5.74. The Kier molecular flexibility index (Phi) is 27.6. The van der Waals surface area contributed by atoms with Crippen LogP contribution >= 0.6 is 12.2 Å². The van der Waals surface area contributed by atoms with Gasteiger partial charge >= 0.3 is 5.97 Å². The number of aliphatic hydroxyl groups is 2. The zero-order valence-corrected chi connectivity index (χ0v) is 50.6. The molecule has 17 heteroatoms. The minimum absolute atomic E-state index is 0.0103. The number of allylic oxidation sites excluding steroid dienone is 6. The molecule has 2 saturated heterocycles. The van der Waals surface area contributed by atoms with Gasteiger partial charge in [0.2, 0.25) is 5.79 Å². The molecular weight excluding hydrogens is 1050 g/mol. The number of nitrogens with zero attached hydrogens (tertiary/aromatic N) is 2. The molecule has 16 nitrogen and oxygen atoms in total. The van der Waals surface area contributed by atoms with Crippen molar-refractivity contribution in [1.29, 1.82) is 0 Å². The van der Waals surface area contributed by atoms with Crippen LogP contribution in [-0.4, -0.2) is 138 Å². The number of para-hydroxylation sites is 1. The quantitative estimate of drug-likeness (QED) is 0.0276. The molecule has 2 bridgehead atoms. The standard InChI is InChI=1S/C64H94N4O12S/c1-12-13-14-23-34-78-53-32-30-48(38-56(53)76-10)37-44(5)55-40-51(66-67-63(81)65-49-26-19-16-20-27-49)43(4)36-46(7)58(70)59(77-11)57(69)45(6)35-41(2)24-17-15-18-25-42(3)54(75-9)39-50-31-29-47(8)64(74,80-50)60(71)61(72)68-33-22-21-28-52(68)62(73)79-55/h1,15-20,24-27,36,41,43-45,47-48,50,52-56,58-59,70,74H,13-14,21-23,28-35,37-40H2,2-11H3,(H2,65,67,81)/b18-15+,24-17+,42-25+,46-36+,66-51-/t41-,43-,44-,45-,47-,48+,50+,52+,53-,54+,55+,56-,58-,59+,64-/m1/s1. The Morgan fingerprint density at radius 2 is 1.67 bits per heavy atom. The summed E-state index contributed by atoms with van der Waals surface area (Å²) < 4.78 is 37.0. The van der Waals surface area contributed by atoms with E-state index in [-0.39, 0.29) is 60.2 Å². The van der Waals surface area contributed by atoms with Crippen LogP contribution in [-0.2, 0) is 47.6 Å². The van der Waals surface area contributed by atoms with E-state index in [1.54, 1.807) is 28.1 Å². The first-order valence-electron chi connectivity index (χ1n) is 29.4. The lowest BCUT2D eigenvalue weighted by molar-refractivity contribution is -0.265. The maximum atomic E-state index is 15.0. The van der Waals surface area contributed by atoms with Crippen molar-refractivity contribution in [3.63, 3.8) is 0 Å². The lowest BCUT2D eigenvalue weighted by Gasteiger charge is -2.42. The number of cyclic esters (lactones) is 1. The lowest BCUT2D eigenvalue weighted by Crippen LogP contribution is -2.61. The summed E-state index contributed by atoms with van der Waals surface area (Å²) in [6.07, 6.45) is 21.1. The zero-order valence-electron chi connectivity index (χ0n) is 49.8. The summed E-state index contributed by atoms with van der Waals surface area (Å²) in [6.45, 7) is 13.9. The largest absolute Gasteiger partial charge is 0.460 e. The number of Topliss-reactive ketones (excluding diaryl/α,β-unsaturated/α-hetero) is 2. The van der Waals surface area contributed by atoms with Crippen LogP contribution in [0.2, 0.25) is 0 Å². The molecule has 4 aliphatic rings. The number of carbonyl (C=O) groups excluding carboxylic acids is 4. The summed E-state index contributed by atoms with van der Waals surface area (Å²) in [5.41, 5.74) is 5.62. The van der Waals surface area contributed by atoms with Crippen LogP contribution in [0.5, 0.6) is 0 Å². The number of carbonyl (C=O) groups is 4. The molecule has 1 saturated carbocycles. The van der Waals surface area contributed by atoms with E-state index in [2.05, 4.69) is 16.7 Å². The third-order valence-corrected chi connectivity index (χ3v) is 17.1. The number of ketones is 2. The van der Waals surface area contributed by atoms with Gasteiger partial charge in [0.15, 0.2) is 10.9 Å². The van der Waals surface area contributed by atoms with Gasteiger partial charge in [-0.05, 0) is 144 Å². The van der Waals surface area contributed by atoms with Gasteiger partial charge < -0.3 is 48.9 Å². The van der Waals surface area contributed by atoms with Crippen molar-refractivity contribution in [2.45, 2.75) is 199 Å². The van der Waals surface area contributed by atoms with Gasteiger partial charge in [-0.15, -0.1) is 12.3 Å². The van der Waals surface area contributed by atoms with Crippen molar-refractivity contribution in [3.05, 3.63) is 77.9 Å². The fourth-order valence-electron chi connectivity index (χ4n) is 11.8. The van der Waals surface area contributed by atoms with E-state index in [9.17, 15) is 24.6 Å². The van der Waals surface area contributed by atoms with E-state index in [0.29, 0.717) is 69.3 Å². The number of fused-ring (bicyclic) bond motifs is 3. The van der Waals surface area contributed by atoms with E-state index in [1.807, 2.05) is 101 Å². The van der Waals surface area contributed by atoms with E-state index < -0.39 is 77.8 Å². The molecule has 1 aliphatic carbocycles. The minimum Gasteiger partial charge on any atom is -0.460 e. The highest BCUT2D eigenvalue weighted by Crippen LogP contribution is 2.38. The average molecular weight is 1140 g/mol. The summed E-state index contributed by atoms with van der Waals surface area (Å²) in [6, 6.07) is 8.25. The van der Waals surface area contributed by atoms with Crippen LogP contribution in [0.4, 0.5) is 5.69 Å². The smallest absolute Gasteiger partial charge is 0.329 e. The average Bonchev–Trinajstić information content (AvgIpc) is 3.50. The number of nitrogens with one attached hydrogen (secondary N) is 2. The van der Waals surface area contributed by atoms with Gasteiger partial charge in [0.05, 0.1) is 24.4 Å². The topological polar surface area (TPSA) is 204 Å². The van der Waals surface area contributed by atoms with Crippen molar-refractivity contribution < 1.29 is 57.8 Å². The minimum atomic E-state index is -2.44. The van der Waals surface area contributed by atoms with Gasteiger partial charge in [0, 0.05) is 82.9 Å². The van der Waals surface area contributed by atoms with Crippen molar-refractivity contribution in [1.82, 2.24) is 10.3 Å². The van der Waals surface area contributed by atoms with Crippen molar-refractivity contribution in [2.75, 3.05) is 39.8 Å². The monoisotopic (exact) mass is 1140 g/mol. The Labute approximate surface area is 488 Å². The van der Waals surface area contributed by atoms with Gasteiger partial charge in [-0.25, -0.2) is 4.79 Å². The molecule has 15 atom stereocenters. The molecule has 5 rings (SSSR count). The molecule has 1 aromatic rings. The molecule has 3 aliphatic heterocycles. The Morgan fingerprint density at radius 1 is 0.914 bits per heavy atom. The Bertz CT molecular complexity index is 2420. The van der Waals surface area contributed by atoms with Crippen LogP contribution in [0.25, 0.3) is 0 Å². The third kappa shape index (κ3) is 19.6. The SMILES string of the molecule is C#CCCCCO[C@@H]1CC[C@@H](C[C@@H](C)[C@@H]2C/C(=N/NC(=S)Nc3ccccc3)[C@H](C)/C=C(\C)[C@@H](O)[C@@H](OC)C(=O)[C@H](C)C[C@H](C)/C=C/C=C/C=C(\C)[C@@H](OC)C[C@@H]3CC[C@@H](C)[C@@](O)(O3)C(=O)C(=O)N3CCCC[C@H]3C(=O)O2)C[C@H]1OC. The van der Waals surface area contributed by atoms with Gasteiger partial charge in [-0.3, -0.25) is 19.8 Å². The maximum Gasteiger partial charge on any atom is 0.329 e. The number of amides is 1. The van der Waals surface area contributed by atoms with Crippen LogP contribution in [0, 0.1) is 47.9 Å². The molecule has 1 aromatic carbocycles. The van der Waals surface area contributed by atoms with Crippen LogP contribution in [0.1, 0.15) is 145 Å². The highest BCUT2D eigenvalue weighted by molar-refractivity contribution is 7.80. The lowest BCUT2D eigenvalue weighted by atomic mass is 9.78. The summed E-state index contributed by atoms with van der Waals surface area (Å²) in [5.74, 6) is -4.59. The van der Waals surface area contributed by atoms with E-state index in [4.69, 9.17) is 52.2 Å². The Morgan fingerprint density at radius 3 is 2.37 bits per heavy atom. The number of hydrazone groups is 1. The van der Waals surface area contributed by atoms with E-state index >= 15 is 4.79 Å². The third-order valence-electron chi connectivity index (χ3n) is 16.9. The molecule has 448 valence electrons. The van der Waals surface area contributed by atoms with Crippen molar-refractivity contribution >= 4 is 52.2 Å². The Balaban J connectivity index is 1.56. The number of methoxy groups -OCH3 is 3. The normalized spacial score (nSPS) is 35.0. The van der Waals surface area contributed by atoms with E-state index in [0.717, 1.165) is 43.4 Å². The number of hydrogen-bond donors (Lipinski definition) is 4. The number of piperidine rings is 1. The summed E-state index contributed by atoms with van der Waals surface area (Å²) in [5, 5.41) is 32.4. The highest BCUT2D eigenvalue weighted by atomic mass is 32.1. The molecule has 81 heavy (non-hydrogen) atoms. The Hall–Kier alpha value is -4.90. The molecule has 3 fully saturated rings. The number of aliphatic hydroxyl groups excluding tert-OH is 1. The molecule has 4 N–H and O–H groups in total. The second kappa shape index (κ2) is 33.4. The molecule has 0 radical (unpaired) electrons. The zero-order chi connectivity index (χ0) is 59.2. The summed E-state index contributed by atoms with van der Waals surface area (Å²) in [7, 11) is 4.72. The molecular formula is C64H94N4O12S. The number of ether oxygens (including phenoxy) is 6. The molecule has 0 unspecified atom stereocenters. The predicted octanol–water partition coefficient (Wildman–Crippen LogP) is 9.78. The fraction of sp³-hybridized carbons (Fsp3) is 0.656. The maximum absolute atomic E-state index is 15.0. The highest BCUT2D eigenvalue weighted by Gasteiger charge is 2.53. The first kappa shape index (κ1) is 66.9. The first-order valence-corrected chi connectivity index (χ1v) is 29.8. The molecule has 3 heterocycles. The second-order valence-electron chi connectivity index (χ2n) is 23.2. The van der Waals surface area contributed by atoms with Crippen LogP contribution in [0.3, 0.4) is 0 Å². The number of rotatable bonds is 13. The molecule has 0 spiro atoms. The van der Waals surface area contributed by atoms with Crippen LogP contribution in [0.15, 0.2) is 83.0 Å². The van der Waals surface area contributed by atoms with Gasteiger partial charge in [-0.2, -0.15) is 5.10 Å². The van der Waals surface area contributed by atoms with Crippen molar-refractivity contribution in [2.24, 2.45) is 40.6 Å². The summed E-state index contributed by atoms with van der Waals surface area (Å²) in [4.78, 5) is 59.6. The fourth-order valence-corrected chi connectivity index (χ4v) is 12.0. The number of esters is 1. The van der Waals surface area contributed by atoms with Crippen molar-refractivity contribution in [3.8, 4) is 12.3 Å². The second-order valence-corrected chi connectivity index (χ2v) is 23.6. The predicted molar refractivity (Wildman–Crippen MR) is 320 cm³/mol. The molecule has 0 aromatic heterocycles. The van der Waals surface area contributed by atoms with Gasteiger partial charge in [0.25, 0.3) is 11.7 Å².